The summed E-state index contributed by atoms with van der Waals surface area (Å²) >= 11 is 0. The predicted molar refractivity (Wildman–Crippen MR) is 76.3 cm³/mol. The molecule has 0 spiro atoms. The molecule has 2 rings (SSSR count). The van der Waals surface area contributed by atoms with Crippen LogP contribution in [0, 0.1) is 0 Å². The highest BCUT2D eigenvalue weighted by molar-refractivity contribution is 5.76. The number of carbonyl (C=O) groups is 1. The van der Waals surface area contributed by atoms with Crippen molar-refractivity contribution in [1.82, 2.24) is 4.90 Å². The highest BCUT2D eigenvalue weighted by atomic mass is 16.4. The molecule has 1 fully saturated rings. The highest BCUT2D eigenvalue weighted by Gasteiger charge is 2.12. The average Bonchev–Trinajstić information content (AvgIpc) is 2.40. The number of likely N-dealkylation sites (tertiary alicyclic amines) is 1. The van der Waals surface area contributed by atoms with E-state index < -0.39 is 12.0 Å². The molecule has 1 aliphatic heterocycles. The van der Waals surface area contributed by atoms with Crippen molar-refractivity contribution in [2.45, 2.75) is 38.8 Å². The first-order valence-corrected chi connectivity index (χ1v) is 6.96. The number of hydrogen-bond donors (Lipinski definition) is 2. The number of carboxylic acids is 1. The van der Waals surface area contributed by atoms with Crippen molar-refractivity contribution in [3.05, 3.63) is 29.8 Å². The zero-order chi connectivity index (χ0) is 13.7. The lowest BCUT2D eigenvalue weighted by molar-refractivity contribution is -0.137. The summed E-state index contributed by atoms with van der Waals surface area (Å²) in [5.41, 5.74) is 2.12. The standard InChI is InChI=1S/C15H22N2O2/c1-12(15(18)19)16-14-7-5-6-13(10-14)11-17-8-3-2-4-9-17/h5-7,10,12,16H,2-4,8-9,11H2,1H3,(H,18,19). The molecule has 0 aromatic heterocycles. The van der Waals surface area contributed by atoms with Crippen LogP contribution in [0.4, 0.5) is 5.69 Å². The van der Waals surface area contributed by atoms with Gasteiger partial charge >= 0.3 is 5.97 Å². The van der Waals surface area contributed by atoms with Gasteiger partial charge in [-0.3, -0.25) is 9.69 Å². The third kappa shape index (κ3) is 4.24. The summed E-state index contributed by atoms with van der Waals surface area (Å²) in [4.78, 5) is 13.3. The minimum absolute atomic E-state index is 0.565. The third-order valence-corrected chi connectivity index (χ3v) is 3.54. The Kier molecular flexibility index (Phi) is 4.80. The summed E-state index contributed by atoms with van der Waals surface area (Å²) in [7, 11) is 0. The maximum Gasteiger partial charge on any atom is 0.325 e. The summed E-state index contributed by atoms with van der Waals surface area (Å²) in [6.07, 6.45) is 3.91. The fourth-order valence-electron chi connectivity index (χ4n) is 2.45. The minimum atomic E-state index is -0.832. The normalized spacial score (nSPS) is 17.9. The van der Waals surface area contributed by atoms with Gasteiger partial charge in [0, 0.05) is 12.2 Å². The van der Waals surface area contributed by atoms with Crippen molar-refractivity contribution in [3.63, 3.8) is 0 Å². The number of hydrogen-bond acceptors (Lipinski definition) is 3. The SMILES string of the molecule is CC(Nc1cccc(CN2CCCCC2)c1)C(=O)O. The molecule has 4 nitrogen and oxygen atoms in total. The van der Waals surface area contributed by atoms with Crippen LogP contribution in [-0.4, -0.2) is 35.1 Å². The lowest BCUT2D eigenvalue weighted by atomic mass is 10.1. The molecule has 2 N–H and O–H groups in total. The van der Waals surface area contributed by atoms with Gasteiger partial charge in [0.1, 0.15) is 6.04 Å². The molecule has 1 saturated heterocycles. The van der Waals surface area contributed by atoms with Crippen molar-refractivity contribution in [3.8, 4) is 0 Å². The number of anilines is 1. The maximum atomic E-state index is 10.8. The third-order valence-electron chi connectivity index (χ3n) is 3.54. The topological polar surface area (TPSA) is 52.6 Å². The summed E-state index contributed by atoms with van der Waals surface area (Å²) in [5, 5.41) is 11.9. The molecule has 1 aromatic carbocycles. The highest BCUT2D eigenvalue weighted by Crippen LogP contribution is 2.16. The minimum Gasteiger partial charge on any atom is -0.480 e. The lowest BCUT2D eigenvalue weighted by Crippen LogP contribution is -2.29. The second-order valence-electron chi connectivity index (χ2n) is 5.24. The van der Waals surface area contributed by atoms with E-state index in [1.54, 1.807) is 6.92 Å². The first kappa shape index (κ1) is 13.9. The van der Waals surface area contributed by atoms with Crippen molar-refractivity contribution < 1.29 is 9.90 Å². The van der Waals surface area contributed by atoms with Crippen molar-refractivity contribution in [1.29, 1.82) is 0 Å². The first-order valence-electron chi connectivity index (χ1n) is 6.96. The van der Waals surface area contributed by atoms with E-state index in [-0.39, 0.29) is 0 Å². The molecule has 1 unspecified atom stereocenters. The Labute approximate surface area is 114 Å². The van der Waals surface area contributed by atoms with Crippen LogP contribution in [0.2, 0.25) is 0 Å². The van der Waals surface area contributed by atoms with Crippen molar-refractivity contribution in [2.24, 2.45) is 0 Å². The van der Waals surface area contributed by atoms with Crippen molar-refractivity contribution >= 4 is 11.7 Å². The van der Waals surface area contributed by atoms with Gasteiger partial charge in [0.05, 0.1) is 0 Å². The van der Waals surface area contributed by atoms with E-state index in [9.17, 15) is 4.79 Å². The monoisotopic (exact) mass is 262 g/mol. The van der Waals surface area contributed by atoms with E-state index in [1.165, 1.54) is 37.9 Å². The molecular weight excluding hydrogens is 240 g/mol. The number of piperidine rings is 1. The molecule has 4 heteroatoms. The summed E-state index contributed by atoms with van der Waals surface area (Å²) in [6, 6.07) is 7.49. The van der Waals surface area contributed by atoms with E-state index in [0.717, 1.165) is 12.2 Å². The molecule has 0 aliphatic carbocycles. The zero-order valence-electron chi connectivity index (χ0n) is 11.4. The van der Waals surface area contributed by atoms with Gasteiger partial charge in [0.2, 0.25) is 0 Å². The average molecular weight is 262 g/mol. The summed E-state index contributed by atoms with van der Waals surface area (Å²) in [6.45, 7) is 4.95. The fraction of sp³-hybridized carbons (Fsp3) is 0.533. The molecule has 1 aliphatic rings. The van der Waals surface area contributed by atoms with Crippen LogP contribution in [0.5, 0.6) is 0 Å². The molecule has 0 saturated carbocycles. The van der Waals surface area contributed by atoms with Crippen LogP contribution in [-0.2, 0) is 11.3 Å². The first-order chi connectivity index (χ1) is 9.15. The summed E-state index contributed by atoms with van der Waals surface area (Å²) in [5.74, 6) is -0.832. The van der Waals surface area contributed by atoms with Gasteiger partial charge in [-0.1, -0.05) is 18.6 Å². The molecule has 19 heavy (non-hydrogen) atoms. The summed E-state index contributed by atoms with van der Waals surface area (Å²) < 4.78 is 0. The molecule has 0 bridgehead atoms. The van der Waals surface area contributed by atoms with Crippen LogP contribution < -0.4 is 5.32 Å². The van der Waals surface area contributed by atoms with Gasteiger partial charge in [-0.15, -0.1) is 0 Å². The molecule has 104 valence electrons. The van der Waals surface area contributed by atoms with E-state index in [4.69, 9.17) is 5.11 Å². The number of aliphatic carboxylic acids is 1. The Morgan fingerprint density at radius 2 is 2.11 bits per heavy atom. The van der Waals surface area contributed by atoms with Gasteiger partial charge in [-0.25, -0.2) is 0 Å². The second-order valence-corrected chi connectivity index (χ2v) is 5.24. The van der Waals surface area contributed by atoms with Crippen LogP contribution >= 0.6 is 0 Å². The maximum absolute atomic E-state index is 10.8. The van der Waals surface area contributed by atoms with Crippen molar-refractivity contribution in [2.75, 3.05) is 18.4 Å². The molecule has 1 aromatic rings. The number of benzene rings is 1. The number of carboxylic acid groups (broad SMARTS) is 1. The Hall–Kier alpha value is -1.55. The number of rotatable bonds is 5. The van der Waals surface area contributed by atoms with Crippen LogP contribution in [0.3, 0.4) is 0 Å². The van der Waals surface area contributed by atoms with E-state index in [0.29, 0.717) is 0 Å². The van der Waals surface area contributed by atoms with Gasteiger partial charge < -0.3 is 10.4 Å². The molecule has 1 atom stereocenters. The Morgan fingerprint density at radius 1 is 1.37 bits per heavy atom. The number of nitrogens with one attached hydrogen (secondary N) is 1. The lowest BCUT2D eigenvalue weighted by Gasteiger charge is -2.26. The van der Waals surface area contributed by atoms with Gasteiger partial charge in [-0.05, 0) is 50.6 Å². The van der Waals surface area contributed by atoms with E-state index in [1.807, 2.05) is 18.2 Å². The predicted octanol–water partition coefficient (Wildman–Crippen LogP) is 2.56. The second kappa shape index (κ2) is 6.57. The molecule has 1 heterocycles. The van der Waals surface area contributed by atoms with Gasteiger partial charge in [0.15, 0.2) is 0 Å². The van der Waals surface area contributed by atoms with E-state index >= 15 is 0 Å². The smallest absolute Gasteiger partial charge is 0.325 e. The molecular formula is C15H22N2O2. The quantitative estimate of drug-likeness (QED) is 0.856. The Balaban J connectivity index is 1.96. The fourth-order valence-corrected chi connectivity index (χ4v) is 2.45. The van der Waals surface area contributed by atoms with Crippen LogP contribution in [0.15, 0.2) is 24.3 Å². The molecule has 0 radical (unpaired) electrons. The van der Waals surface area contributed by atoms with Gasteiger partial charge in [0.25, 0.3) is 0 Å². The van der Waals surface area contributed by atoms with Crippen LogP contribution in [0.1, 0.15) is 31.7 Å². The molecule has 0 amide bonds. The van der Waals surface area contributed by atoms with E-state index in [2.05, 4.69) is 16.3 Å². The number of nitrogens with zero attached hydrogens (tertiary/aromatic N) is 1. The van der Waals surface area contributed by atoms with Crippen LogP contribution in [0.25, 0.3) is 0 Å². The Bertz CT molecular complexity index is 428. The zero-order valence-corrected chi connectivity index (χ0v) is 11.4. The Morgan fingerprint density at radius 3 is 2.79 bits per heavy atom. The largest absolute Gasteiger partial charge is 0.480 e. The van der Waals surface area contributed by atoms with Gasteiger partial charge in [-0.2, -0.15) is 0 Å².